The Morgan fingerprint density at radius 2 is 2.12 bits per heavy atom. The Hall–Kier alpha value is -0.810. The van der Waals surface area contributed by atoms with E-state index in [9.17, 15) is 9.90 Å². The van der Waals surface area contributed by atoms with E-state index in [1.807, 2.05) is 13.0 Å². The van der Waals surface area contributed by atoms with Gasteiger partial charge in [0.15, 0.2) is 0 Å². The van der Waals surface area contributed by atoms with Crippen molar-refractivity contribution in [2.75, 3.05) is 0 Å². The van der Waals surface area contributed by atoms with Crippen LogP contribution >= 0.6 is 0 Å². The zero-order chi connectivity index (χ0) is 10.8. The van der Waals surface area contributed by atoms with Gasteiger partial charge in [-0.15, -0.1) is 0 Å². The van der Waals surface area contributed by atoms with Gasteiger partial charge in [0.1, 0.15) is 17.4 Å². The van der Waals surface area contributed by atoms with Gasteiger partial charge in [-0.2, -0.15) is 0 Å². The Kier molecular flexibility index (Phi) is 6.49. The van der Waals surface area contributed by atoms with Gasteiger partial charge >= 0.3 is 5.97 Å². The normalized spacial score (nSPS) is 17.6. The summed E-state index contributed by atoms with van der Waals surface area (Å²) in [5, 5.41) is 9.73. The predicted molar refractivity (Wildman–Crippen MR) is 65.2 cm³/mol. The molecular formula is C12H14NaO4. The number of para-hydroxylation sites is 1. The number of benzene rings is 1. The van der Waals surface area contributed by atoms with E-state index in [-0.39, 0.29) is 40.8 Å². The summed E-state index contributed by atoms with van der Waals surface area (Å²) in [4.78, 5) is 11.5. The quantitative estimate of drug-likeness (QED) is 0.369. The number of carbonyl (C=O) groups excluding carboxylic acids is 1. The van der Waals surface area contributed by atoms with Crippen molar-refractivity contribution in [1.82, 2.24) is 0 Å². The van der Waals surface area contributed by atoms with Gasteiger partial charge in [0.25, 0.3) is 0 Å². The first-order valence-corrected chi connectivity index (χ1v) is 4.93. The smallest absolute Gasteiger partial charge is 0.326 e. The van der Waals surface area contributed by atoms with Crippen LogP contribution < -0.4 is 4.74 Å². The van der Waals surface area contributed by atoms with Crippen molar-refractivity contribution in [3.05, 3.63) is 41.7 Å². The third kappa shape index (κ3) is 3.10. The van der Waals surface area contributed by atoms with Crippen LogP contribution in [0.2, 0.25) is 0 Å². The van der Waals surface area contributed by atoms with Gasteiger partial charge < -0.3 is 15.3 Å². The number of fused-ring (bicyclic) bond motifs is 1. The summed E-state index contributed by atoms with van der Waals surface area (Å²) in [6.45, 7) is 1.91. The molecule has 0 aliphatic carbocycles. The fourth-order valence-corrected chi connectivity index (χ4v) is 1.71. The van der Waals surface area contributed by atoms with E-state index in [1.54, 1.807) is 24.3 Å². The molecule has 5 heteroatoms. The van der Waals surface area contributed by atoms with Crippen molar-refractivity contribution >= 4 is 35.5 Å². The molecule has 1 aliphatic rings. The average molecular weight is 245 g/mol. The van der Waals surface area contributed by atoms with Crippen LogP contribution in [-0.4, -0.2) is 46.1 Å². The van der Waals surface area contributed by atoms with Crippen LogP contribution in [0.1, 0.15) is 24.8 Å². The topological polar surface area (TPSA) is 78.0 Å². The maximum Gasteiger partial charge on any atom is 0.326 e. The van der Waals surface area contributed by atoms with Gasteiger partial charge in [0.2, 0.25) is 0 Å². The fourth-order valence-electron chi connectivity index (χ4n) is 1.71. The van der Waals surface area contributed by atoms with Gasteiger partial charge in [0.05, 0.1) is 0 Å². The third-order valence-corrected chi connectivity index (χ3v) is 2.39. The van der Waals surface area contributed by atoms with E-state index < -0.39 is 11.9 Å². The summed E-state index contributed by atoms with van der Waals surface area (Å²) in [5.74, 6) is -0.421. The van der Waals surface area contributed by atoms with Crippen LogP contribution in [0.25, 0.3) is 0 Å². The largest absolute Gasteiger partial charge is 0.511 e. The first-order chi connectivity index (χ1) is 7.24. The van der Waals surface area contributed by atoms with Gasteiger partial charge in [-0.1, -0.05) is 25.1 Å². The minimum absolute atomic E-state index is 0. The van der Waals surface area contributed by atoms with Crippen LogP contribution in [0.15, 0.2) is 36.1 Å². The molecule has 1 aliphatic heterocycles. The molecule has 0 spiro atoms. The summed E-state index contributed by atoms with van der Waals surface area (Å²) in [7, 11) is 0. The molecule has 1 atom stereocenters. The molecule has 1 radical (unpaired) electrons. The molecule has 0 saturated heterocycles. The Morgan fingerprint density at radius 1 is 1.47 bits per heavy atom. The number of allylic oxidation sites excluding steroid dienone is 1. The Bertz CT molecular complexity index is 428. The third-order valence-electron chi connectivity index (χ3n) is 2.39. The molecule has 0 saturated carbocycles. The SMILES string of the molecule is CC/C=C(\O)C1C(=O)Oc2ccccc21.O.[Na]. The number of ether oxygens (including phenoxy) is 1. The predicted octanol–water partition coefficient (Wildman–Crippen LogP) is 1.34. The van der Waals surface area contributed by atoms with Crippen LogP contribution in [0.3, 0.4) is 0 Å². The minimum Gasteiger partial charge on any atom is -0.511 e. The monoisotopic (exact) mass is 245 g/mol. The first-order valence-electron chi connectivity index (χ1n) is 4.93. The van der Waals surface area contributed by atoms with Crippen molar-refractivity contribution in [2.24, 2.45) is 0 Å². The second kappa shape index (κ2) is 6.81. The maximum absolute atomic E-state index is 11.5. The van der Waals surface area contributed by atoms with Crippen LogP contribution in [0.4, 0.5) is 0 Å². The number of carbonyl (C=O) groups is 1. The van der Waals surface area contributed by atoms with Crippen molar-refractivity contribution < 1.29 is 20.1 Å². The number of aliphatic hydroxyl groups excluding tert-OH is 1. The second-order valence-corrected chi connectivity index (χ2v) is 3.43. The molecule has 0 aromatic heterocycles. The number of aliphatic hydroxyl groups is 1. The van der Waals surface area contributed by atoms with E-state index in [0.717, 1.165) is 5.56 Å². The zero-order valence-corrected chi connectivity index (χ0v) is 11.9. The van der Waals surface area contributed by atoms with Gasteiger partial charge in [-0.25, -0.2) is 0 Å². The standard InChI is InChI=1S/C12H12O3.Na.H2O/c1-2-5-9(13)11-8-6-3-4-7-10(8)15-12(11)14;;/h3-7,11,13H,2H2,1H3;;1H2/b9-5-;;. The molecule has 2 rings (SSSR count). The molecular weight excluding hydrogens is 231 g/mol. The summed E-state index contributed by atoms with van der Waals surface area (Å²) in [6.07, 6.45) is 2.33. The Morgan fingerprint density at radius 3 is 2.76 bits per heavy atom. The van der Waals surface area contributed by atoms with Crippen molar-refractivity contribution in [1.29, 1.82) is 0 Å². The zero-order valence-electron chi connectivity index (χ0n) is 9.93. The molecule has 17 heavy (non-hydrogen) atoms. The molecule has 1 heterocycles. The van der Waals surface area contributed by atoms with Crippen molar-refractivity contribution in [2.45, 2.75) is 19.3 Å². The maximum atomic E-state index is 11.5. The fraction of sp³-hybridized carbons (Fsp3) is 0.250. The number of hydrogen-bond acceptors (Lipinski definition) is 3. The molecule has 1 aromatic carbocycles. The van der Waals surface area contributed by atoms with Crippen molar-refractivity contribution in [3.8, 4) is 5.75 Å². The number of rotatable bonds is 2. The molecule has 3 N–H and O–H groups in total. The van der Waals surface area contributed by atoms with Crippen molar-refractivity contribution in [3.63, 3.8) is 0 Å². The van der Waals surface area contributed by atoms with Gasteiger partial charge in [-0.05, 0) is 18.6 Å². The molecule has 4 nitrogen and oxygen atoms in total. The minimum atomic E-state index is -0.638. The molecule has 87 valence electrons. The molecule has 1 aromatic rings. The van der Waals surface area contributed by atoms with Gasteiger partial charge in [-0.3, -0.25) is 4.79 Å². The molecule has 0 bridgehead atoms. The molecule has 0 fully saturated rings. The number of hydrogen-bond donors (Lipinski definition) is 1. The first kappa shape index (κ1) is 16.2. The van der Waals surface area contributed by atoms with E-state index >= 15 is 0 Å². The number of esters is 1. The van der Waals surface area contributed by atoms with Crippen LogP contribution in [0, 0.1) is 0 Å². The van der Waals surface area contributed by atoms with E-state index in [2.05, 4.69) is 0 Å². The Labute approximate surface area is 122 Å². The molecule has 1 unspecified atom stereocenters. The van der Waals surface area contributed by atoms with E-state index in [1.165, 1.54) is 0 Å². The summed E-state index contributed by atoms with van der Waals surface area (Å²) < 4.78 is 5.05. The van der Waals surface area contributed by atoms with Gasteiger partial charge in [0, 0.05) is 35.1 Å². The van der Waals surface area contributed by atoms with Crippen LogP contribution in [-0.2, 0) is 4.79 Å². The second-order valence-electron chi connectivity index (χ2n) is 3.43. The summed E-state index contributed by atoms with van der Waals surface area (Å²) in [5.41, 5.74) is 0.740. The molecule has 0 amide bonds. The van der Waals surface area contributed by atoms with E-state index in [4.69, 9.17) is 4.74 Å². The van der Waals surface area contributed by atoms with Crippen LogP contribution in [0.5, 0.6) is 5.75 Å². The average Bonchev–Trinajstić information content (AvgIpc) is 2.54. The summed E-state index contributed by atoms with van der Waals surface area (Å²) in [6, 6.07) is 7.15. The summed E-state index contributed by atoms with van der Waals surface area (Å²) >= 11 is 0. The van der Waals surface area contributed by atoms with E-state index in [0.29, 0.717) is 12.2 Å². The Balaban J connectivity index is 0.00000128.